The molecule has 0 N–H and O–H groups in total. The predicted octanol–water partition coefficient (Wildman–Crippen LogP) is 0.823. The van der Waals surface area contributed by atoms with Gasteiger partial charge in [0.05, 0.1) is 6.54 Å². The van der Waals surface area contributed by atoms with E-state index < -0.39 is 6.17 Å². The minimum atomic E-state index is -0.932. The zero-order valence-corrected chi connectivity index (χ0v) is 6.02. The standard InChI is InChI=1S/C6H12FNO/c1-5(7)4-8(3)6(2)9/h5H,4H2,1-3H3. The normalized spacial score (nSPS) is 12.9. The summed E-state index contributed by atoms with van der Waals surface area (Å²) in [4.78, 5) is 11.8. The molecule has 1 unspecified atom stereocenters. The van der Waals surface area contributed by atoms with Crippen LogP contribution in [0.3, 0.4) is 0 Å². The monoisotopic (exact) mass is 133 g/mol. The van der Waals surface area contributed by atoms with E-state index in [1.807, 2.05) is 0 Å². The fourth-order valence-electron chi connectivity index (χ4n) is 0.506. The average Bonchev–Trinajstić information content (AvgIpc) is 1.63. The third kappa shape index (κ3) is 3.94. The molecule has 0 aliphatic rings. The number of carbonyl (C=O) groups is 1. The molecule has 0 aromatic rings. The van der Waals surface area contributed by atoms with Crippen LogP contribution in [-0.4, -0.2) is 30.6 Å². The zero-order valence-electron chi connectivity index (χ0n) is 6.02. The van der Waals surface area contributed by atoms with Gasteiger partial charge in [0, 0.05) is 14.0 Å². The van der Waals surface area contributed by atoms with E-state index >= 15 is 0 Å². The molecule has 1 amide bonds. The second-order valence-corrected chi connectivity index (χ2v) is 2.18. The third-order valence-corrected chi connectivity index (χ3v) is 1.06. The van der Waals surface area contributed by atoms with Crippen LogP contribution in [0.5, 0.6) is 0 Å². The Morgan fingerprint density at radius 3 is 2.33 bits per heavy atom. The molecule has 0 aromatic heterocycles. The summed E-state index contributed by atoms with van der Waals surface area (Å²) in [6, 6.07) is 0. The van der Waals surface area contributed by atoms with E-state index in [0.29, 0.717) is 0 Å². The largest absolute Gasteiger partial charge is 0.343 e. The fourth-order valence-corrected chi connectivity index (χ4v) is 0.506. The van der Waals surface area contributed by atoms with Gasteiger partial charge in [0.1, 0.15) is 6.17 Å². The first-order valence-electron chi connectivity index (χ1n) is 2.89. The van der Waals surface area contributed by atoms with Gasteiger partial charge in [-0.3, -0.25) is 4.79 Å². The van der Waals surface area contributed by atoms with E-state index in [1.165, 1.54) is 18.7 Å². The lowest BCUT2D eigenvalue weighted by Crippen LogP contribution is -2.29. The Morgan fingerprint density at radius 1 is 1.78 bits per heavy atom. The van der Waals surface area contributed by atoms with Crippen molar-refractivity contribution in [2.24, 2.45) is 0 Å². The summed E-state index contributed by atoms with van der Waals surface area (Å²) < 4.78 is 12.1. The molecular weight excluding hydrogens is 121 g/mol. The summed E-state index contributed by atoms with van der Waals surface area (Å²) in [7, 11) is 1.58. The van der Waals surface area contributed by atoms with Crippen molar-refractivity contribution in [3.63, 3.8) is 0 Å². The number of nitrogens with zero attached hydrogens (tertiary/aromatic N) is 1. The summed E-state index contributed by atoms with van der Waals surface area (Å²) in [6.45, 7) is 3.04. The van der Waals surface area contributed by atoms with Crippen LogP contribution in [0, 0.1) is 0 Å². The summed E-state index contributed by atoms with van der Waals surface area (Å²) in [5, 5.41) is 0. The minimum absolute atomic E-state index is 0.0977. The molecule has 0 aliphatic carbocycles. The Kier molecular flexibility index (Phi) is 3.20. The lowest BCUT2D eigenvalue weighted by Gasteiger charge is -2.14. The number of carbonyl (C=O) groups excluding carboxylic acids is 1. The molecule has 0 spiro atoms. The van der Waals surface area contributed by atoms with Gasteiger partial charge in [-0.05, 0) is 6.92 Å². The van der Waals surface area contributed by atoms with Gasteiger partial charge in [-0.1, -0.05) is 0 Å². The van der Waals surface area contributed by atoms with Crippen molar-refractivity contribution in [1.29, 1.82) is 0 Å². The number of hydrogen-bond donors (Lipinski definition) is 0. The highest BCUT2D eigenvalue weighted by atomic mass is 19.1. The van der Waals surface area contributed by atoms with Crippen molar-refractivity contribution in [2.75, 3.05) is 13.6 Å². The first-order valence-corrected chi connectivity index (χ1v) is 2.89. The van der Waals surface area contributed by atoms with Crippen LogP contribution in [0.1, 0.15) is 13.8 Å². The summed E-state index contributed by atoms with van der Waals surface area (Å²) in [5.41, 5.74) is 0. The molecule has 2 nitrogen and oxygen atoms in total. The van der Waals surface area contributed by atoms with Gasteiger partial charge < -0.3 is 4.90 Å². The Labute approximate surface area is 54.7 Å². The van der Waals surface area contributed by atoms with E-state index in [0.717, 1.165) is 0 Å². The van der Waals surface area contributed by atoms with Crippen molar-refractivity contribution in [3.05, 3.63) is 0 Å². The number of hydrogen-bond acceptors (Lipinski definition) is 1. The Hall–Kier alpha value is -0.600. The molecule has 0 radical (unpaired) electrons. The first kappa shape index (κ1) is 8.40. The Balaban J connectivity index is 3.50. The smallest absolute Gasteiger partial charge is 0.219 e. The molecule has 0 saturated heterocycles. The molecular formula is C6H12FNO. The quantitative estimate of drug-likeness (QED) is 0.546. The maximum atomic E-state index is 12.1. The van der Waals surface area contributed by atoms with Crippen molar-refractivity contribution in [1.82, 2.24) is 4.90 Å². The van der Waals surface area contributed by atoms with Gasteiger partial charge in [-0.25, -0.2) is 4.39 Å². The van der Waals surface area contributed by atoms with Gasteiger partial charge in [-0.15, -0.1) is 0 Å². The summed E-state index contributed by atoms with van der Waals surface area (Å²) in [5.74, 6) is -0.0977. The van der Waals surface area contributed by atoms with E-state index in [1.54, 1.807) is 7.05 Å². The van der Waals surface area contributed by atoms with Crippen LogP contribution < -0.4 is 0 Å². The second-order valence-electron chi connectivity index (χ2n) is 2.18. The fraction of sp³-hybridized carbons (Fsp3) is 0.833. The summed E-state index contributed by atoms with van der Waals surface area (Å²) in [6.07, 6.45) is -0.932. The van der Waals surface area contributed by atoms with Crippen LogP contribution in [-0.2, 0) is 4.79 Å². The van der Waals surface area contributed by atoms with Crippen LogP contribution >= 0.6 is 0 Å². The maximum Gasteiger partial charge on any atom is 0.219 e. The Morgan fingerprint density at radius 2 is 2.22 bits per heavy atom. The van der Waals surface area contributed by atoms with Crippen LogP contribution in [0.25, 0.3) is 0 Å². The molecule has 9 heavy (non-hydrogen) atoms. The van der Waals surface area contributed by atoms with Crippen LogP contribution in [0.4, 0.5) is 4.39 Å². The van der Waals surface area contributed by atoms with Crippen LogP contribution in [0.15, 0.2) is 0 Å². The van der Waals surface area contributed by atoms with E-state index in [9.17, 15) is 9.18 Å². The van der Waals surface area contributed by atoms with E-state index in [-0.39, 0.29) is 12.5 Å². The number of alkyl halides is 1. The van der Waals surface area contributed by atoms with Crippen LogP contribution in [0.2, 0.25) is 0 Å². The van der Waals surface area contributed by atoms with Crippen molar-refractivity contribution < 1.29 is 9.18 Å². The Bertz CT molecular complexity index is 103. The molecule has 0 aliphatic heterocycles. The highest BCUT2D eigenvalue weighted by Crippen LogP contribution is 1.91. The minimum Gasteiger partial charge on any atom is -0.343 e. The maximum absolute atomic E-state index is 12.1. The number of halogens is 1. The molecule has 0 fully saturated rings. The molecule has 0 saturated carbocycles. The first-order chi connectivity index (χ1) is 4.04. The van der Waals surface area contributed by atoms with Gasteiger partial charge in [-0.2, -0.15) is 0 Å². The molecule has 54 valence electrons. The second kappa shape index (κ2) is 3.43. The number of rotatable bonds is 2. The predicted molar refractivity (Wildman–Crippen MR) is 33.9 cm³/mol. The van der Waals surface area contributed by atoms with Gasteiger partial charge in [0.2, 0.25) is 5.91 Å². The van der Waals surface area contributed by atoms with Gasteiger partial charge >= 0.3 is 0 Å². The van der Waals surface area contributed by atoms with Crippen molar-refractivity contribution in [2.45, 2.75) is 20.0 Å². The van der Waals surface area contributed by atoms with Crippen molar-refractivity contribution >= 4 is 5.91 Å². The average molecular weight is 133 g/mol. The molecule has 3 heteroatoms. The van der Waals surface area contributed by atoms with Gasteiger partial charge in [0.25, 0.3) is 0 Å². The molecule has 0 aromatic carbocycles. The highest BCUT2D eigenvalue weighted by molar-refractivity contribution is 5.72. The summed E-state index contributed by atoms with van der Waals surface area (Å²) >= 11 is 0. The SMILES string of the molecule is CC(=O)N(C)CC(C)F. The highest BCUT2D eigenvalue weighted by Gasteiger charge is 2.05. The molecule has 0 rings (SSSR count). The lowest BCUT2D eigenvalue weighted by atomic mass is 10.4. The third-order valence-electron chi connectivity index (χ3n) is 1.06. The topological polar surface area (TPSA) is 20.3 Å². The lowest BCUT2D eigenvalue weighted by molar-refractivity contribution is -0.128. The molecule has 0 bridgehead atoms. The van der Waals surface area contributed by atoms with Gasteiger partial charge in [0.15, 0.2) is 0 Å². The van der Waals surface area contributed by atoms with E-state index in [2.05, 4.69) is 0 Å². The zero-order chi connectivity index (χ0) is 7.44. The number of amides is 1. The molecule has 0 heterocycles. The molecule has 1 atom stereocenters. The van der Waals surface area contributed by atoms with Crippen molar-refractivity contribution in [3.8, 4) is 0 Å². The van der Waals surface area contributed by atoms with E-state index in [4.69, 9.17) is 0 Å².